The fourth-order valence-electron chi connectivity index (χ4n) is 2.94. The molecule has 0 saturated carbocycles. The van der Waals surface area contributed by atoms with Crippen molar-refractivity contribution >= 4 is 27.5 Å². The summed E-state index contributed by atoms with van der Waals surface area (Å²) in [5, 5.41) is 5.43. The van der Waals surface area contributed by atoms with Crippen LogP contribution in [-0.2, 0) is 14.8 Å². The Morgan fingerprint density at radius 2 is 1.72 bits per heavy atom. The summed E-state index contributed by atoms with van der Waals surface area (Å²) in [7, 11) is -3.92. The summed E-state index contributed by atoms with van der Waals surface area (Å²) in [5.74, 6) is 0.0672. The SMILES string of the molecule is CCC(C)NC(=O)C(C)NC(=O)c1cccc(NS(=O)(=O)c2ccc3c(c2)OCCO3)c1. The number of hydrogen-bond acceptors (Lipinski definition) is 6. The lowest BCUT2D eigenvalue weighted by Gasteiger charge is -2.19. The maximum Gasteiger partial charge on any atom is 0.262 e. The van der Waals surface area contributed by atoms with Gasteiger partial charge in [-0.2, -0.15) is 0 Å². The second-order valence-electron chi connectivity index (χ2n) is 7.50. The van der Waals surface area contributed by atoms with Gasteiger partial charge in [0.25, 0.3) is 15.9 Å². The van der Waals surface area contributed by atoms with Crippen LogP contribution < -0.4 is 24.8 Å². The van der Waals surface area contributed by atoms with Gasteiger partial charge in [0, 0.05) is 23.4 Å². The minimum absolute atomic E-state index is 0.000133. The third kappa shape index (κ3) is 5.70. The number of hydrogen-bond donors (Lipinski definition) is 3. The summed E-state index contributed by atoms with van der Waals surface area (Å²) in [4.78, 5) is 24.7. The first-order chi connectivity index (χ1) is 15.2. The van der Waals surface area contributed by atoms with Crippen LogP contribution in [-0.4, -0.2) is 45.5 Å². The summed E-state index contributed by atoms with van der Waals surface area (Å²) in [6.45, 7) is 6.17. The second-order valence-corrected chi connectivity index (χ2v) is 9.19. The van der Waals surface area contributed by atoms with Crippen LogP contribution >= 0.6 is 0 Å². The molecule has 2 amide bonds. The van der Waals surface area contributed by atoms with Crippen LogP contribution in [0, 0.1) is 0 Å². The number of sulfonamides is 1. The highest BCUT2D eigenvalue weighted by Crippen LogP contribution is 2.32. The van der Waals surface area contributed by atoms with E-state index in [1.54, 1.807) is 19.1 Å². The van der Waals surface area contributed by atoms with E-state index >= 15 is 0 Å². The molecule has 0 fully saturated rings. The Morgan fingerprint density at radius 1 is 1.00 bits per heavy atom. The summed E-state index contributed by atoms with van der Waals surface area (Å²) >= 11 is 0. The Bertz CT molecular complexity index is 1100. The van der Waals surface area contributed by atoms with E-state index in [4.69, 9.17) is 9.47 Å². The van der Waals surface area contributed by atoms with Gasteiger partial charge in [-0.05, 0) is 50.6 Å². The van der Waals surface area contributed by atoms with Crippen molar-refractivity contribution in [2.24, 2.45) is 0 Å². The van der Waals surface area contributed by atoms with E-state index in [2.05, 4.69) is 15.4 Å². The molecule has 0 spiro atoms. The highest BCUT2D eigenvalue weighted by Gasteiger charge is 2.21. The van der Waals surface area contributed by atoms with Gasteiger partial charge in [0.05, 0.1) is 4.90 Å². The third-order valence-electron chi connectivity index (χ3n) is 4.94. The van der Waals surface area contributed by atoms with Gasteiger partial charge in [-0.15, -0.1) is 0 Å². The van der Waals surface area contributed by atoms with Crippen LogP contribution in [0.15, 0.2) is 47.4 Å². The number of anilines is 1. The van der Waals surface area contributed by atoms with Gasteiger partial charge < -0.3 is 20.1 Å². The third-order valence-corrected chi connectivity index (χ3v) is 6.32. The van der Waals surface area contributed by atoms with Gasteiger partial charge in [0.2, 0.25) is 5.91 Å². The zero-order chi connectivity index (χ0) is 23.3. The van der Waals surface area contributed by atoms with Crippen molar-refractivity contribution in [3.8, 4) is 11.5 Å². The smallest absolute Gasteiger partial charge is 0.262 e. The van der Waals surface area contributed by atoms with Gasteiger partial charge >= 0.3 is 0 Å². The van der Waals surface area contributed by atoms with Gasteiger partial charge in [-0.1, -0.05) is 13.0 Å². The van der Waals surface area contributed by atoms with E-state index in [0.717, 1.165) is 6.42 Å². The van der Waals surface area contributed by atoms with Crippen LogP contribution in [0.5, 0.6) is 11.5 Å². The van der Waals surface area contributed by atoms with Crippen LogP contribution in [0.1, 0.15) is 37.6 Å². The topological polar surface area (TPSA) is 123 Å². The molecule has 2 unspecified atom stereocenters. The number of nitrogens with one attached hydrogen (secondary N) is 3. The number of amides is 2. The summed E-state index contributed by atoms with van der Waals surface area (Å²) < 4.78 is 38.9. The molecule has 3 rings (SSSR count). The molecular weight excluding hydrogens is 434 g/mol. The molecule has 0 radical (unpaired) electrons. The standard InChI is InChI=1S/C22H27N3O6S/c1-4-14(2)23-21(26)15(3)24-22(27)16-6-5-7-17(12-16)25-32(28,29)18-8-9-19-20(13-18)31-11-10-30-19/h5-9,12-15,25H,4,10-11H2,1-3H3,(H,23,26)(H,24,27). The van der Waals surface area contributed by atoms with Gasteiger partial charge in [-0.3, -0.25) is 14.3 Å². The number of fused-ring (bicyclic) bond motifs is 1. The molecule has 1 aliphatic rings. The lowest BCUT2D eigenvalue weighted by atomic mass is 10.1. The molecule has 0 bridgehead atoms. The summed E-state index contributed by atoms with van der Waals surface area (Å²) in [5.41, 5.74) is 0.430. The van der Waals surface area contributed by atoms with Crippen LogP contribution in [0.3, 0.4) is 0 Å². The molecule has 1 heterocycles. The average Bonchev–Trinajstić information content (AvgIpc) is 2.78. The number of ether oxygens (including phenoxy) is 2. The first kappa shape index (κ1) is 23.4. The highest BCUT2D eigenvalue weighted by atomic mass is 32.2. The zero-order valence-corrected chi connectivity index (χ0v) is 19.0. The Balaban J connectivity index is 1.70. The first-order valence-electron chi connectivity index (χ1n) is 10.3. The van der Waals surface area contributed by atoms with Crippen molar-refractivity contribution in [2.75, 3.05) is 17.9 Å². The first-order valence-corrected chi connectivity index (χ1v) is 11.8. The van der Waals surface area contributed by atoms with Gasteiger partial charge in [0.15, 0.2) is 11.5 Å². The molecule has 0 saturated heterocycles. The van der Waals surface area contributed by atoms with E-state index < -0.39 is 22.0 Å². The molecule has 2 aromatic carbocycles. The molecule has 1 aliphatic heterocycles. The Labute approximate surface area is 187 Å². The van der Waals surface area contributed by atoms with Crippen molar-refractivity contribution in [2.45, 2.75) is 44.2 Å². The normalized spacial score (nSPS) is 14.7. The van der Waals surface area contributed by atoms with Crippen LogP contribution in [0.25, 0.3) is 0 Å². The minimum atomic E-state index is -3.92. The van der Waals surface area contributed by atoms with Gasteiger partial charge in [0.1, 0.15) is 19.3 Å². The van der Waals surface area contributed by atoms with E-state index in [1.807, 2.05) is 13.8 Å². The summed E-state index contributed by atoms with van der Waals surface area (Å²) in [6.07, 6.45) is 0.776. The largest absolute Gasteiger partial charge is 0.486 e. The number of carbonyl (C=O) groups is 2. The Kier molecular flexibility index (Phi) is 7.24. The Hall–Kier alpha value is -3.27. The van der Waals surface area contributed by atoms with Crippen LogP contribution in [0.2, 0.25) is 0 Å². The second kappa shape index (κ2) is 9.90. The molecular formula is C22H27N3O6S. The molecule has 9 nitrogen and oxygen atoms in total. The van der Waals surface area contributed by atoms with Crippen molar-refractivity contribution < 1.29 is 27.5 Å². The van der Waals surface area contributed by atoms with Crippen molar-refractivity contribution in [1.82, 2.24) is 10.6 Å². The number of carbonyl (C=O) groups excluding carboxylic acids is 2. The predicted molar refractivity (Wildman–Crippen MR) is 120 cm³/mol. The lowest BCUT2D eigenvalue weighted by Crippen LogP contribution is -2.47. The molecule has 0 aliphatic carbocycles. The molecule has 10 heteroatoms. The van der Waals surface area contributed by atoms with Gasteiger partial charge in [-0.25, -0.2) is 8.42 Å². The summed E-state index contributed by atoms with van der Waals surface area (Å²) in [6, 6.07) is 9.65. The number of rotatable bonds is 8. The van der Waals surface area contributed by atoms with E-state index in [0.29, 0.717) is 24.7 Å². The number of benzene rings is 2. The lowest BCUT2D eigenvalue weighted by molar-refractivity contribution is -0.123. The zero-order valence-electron chi connectivity index (χ0n) is 18.2. The maximum absolute atomic E-state index is 12.8. The fourth-order valence-corrected chi connectivity index (χ4v) is 4.01. The van der Waals surface area contributed by atoms with E-state index in [1.165, 1.54) is 30.3 Å². The Morgan fingerprint density at radius 3 is 2.44 bits per heavy atom. The fraction of sp³-hybridized carbons (Fsp3) is 0.364. The molecule has 3 N–H and O–H groups in total. The van der Waals surface area contributed by atoms with Crippen LogP contribution in [0.4, 0.5) is 5.69 Å². The van der Waals surface area contributed by atoms with Crippen molar-refractivity contribution in [3.63, 3.8) is 0 Å². The van der Waals surface area contributed by atoms with Crippen molar-refractivity contribution in [3.05, 3.63) is 48.0 Å². The van der Waals surface area contributed by atoms with E-state index in [9.17, 15) is 18.0 Å². The molecule has 172 valence electrons. The molecule has 2 aromatic rings. The minimum Gasteiger partial charge on any atom is -0.486 e. The molecule has 0 aromatic heterocycles. The highest BCUT2D eigenvalue weighted by molar-refractivity contribution is 7.92. The molecule has 2 atom stereocenters. The van der Waals surface area contributed by atoms with Crippen molar-refractivity contribution in [1.29, 1.82) is 0 Å². The average molecular weight is 462 g/mol. The quantitative estimate of drug-likeness (QED) is 0.554. The maximum atomic E-state index is 12.8. The van der Waals surface area contributed by atoms with E-state index in [-0.39, 0.29) is 28.1 Å². The predicted octanol–water partition coefficient (Wildman–Crippen LogP) is 2.29. The monoisotopic (exact) mass is 461 g/mol. The molecule has 32 heavy (non-hydrogen) atoms.